The Morgan fingerprint density at radius 2 is 2.15 bits per heavy atom. The topological polar surface area (TPSA) is 58.5 Å². The van der Waals surface area contributed by atoms with Crippen molar-refractivity contribution in [3.8, 4) is 5.88 Å². The summed E-state index contributed by atoms with van der Waals surface area (Å²) in [5, 5.41) is 6.61. The fraction of sp³-hybridized carbons (Fsp3) is 0.600. The van der Waals surface area contributed by atoms with Crippen LogP contribution in [0.5, 0.6) is 5.88 Å². The number of aromatic nitrogens is 1. The van der Waals surface area contributed by atoms with Crippen LogP contribution in [0.3, 0.4) is 0 Å². The Labute approximate surface area is 120 Å². The first-order chi connectivity index (χ1) is 9.46. The molecule has 0 radical (unpaired) electrons. The highest BCUT2D eigenvalue weighted by atomic mass is 16.5. The molecule has 1 aromatic heterocycles. The van der Waals surface area contributed by atoms with Gasteiger partial charge in [-0.25, -0.2) is 4.98 Å². The number of ether oxygens (including phenoxy) is 1. The zero-order valence-electron chi connectivity index (χ0n) is 12.7. The SMILES string of the molecule is CN=C(NCc1cccc(OC(C)(C)C)n1)NC1CC1. The number of pyridine rings is 1. The van der Waals surface area contributed by atoms with Crippen molar-refractivity contribution >= 4 is 5.96 Å². The van der Waals surface area contributed by atoms with Crippen molar-refractivity contribution in [2.24, 2.45) is 4.99 Å². The molecule has 0 bridgehead atoms. The Bertz CT molecular complexity index is 475. The Balaban J connectivity index is 1.90. The van der Waals surface area contributed by atoms with Crippen LogP contribution in [-0.2, 0) is 6.54 Å². The second-order valence-electron chi connectivity index (χ2n) is 6.03. The van der Waals surface area contributed by atoms with Crippen molar-refractivity contribution in [2.75, 3.05) is 7.05 Å². The summed E-state index contributed by atoms with van der Waals surface area (Å²) in [6, 6.07) is 6.41. The number of hydrogen-bond acceptors (Lipinski definition) is 3. The maximum Gasteiger partial charge on any atom is 0.214 e. The van der Waals surface area contributed by atoms with Crippen LogP contribution >= 0.6 is 0 Å². The molecular formula is C15H24N4O. The molecule has 20 heavy (non-hydrogen) atoms. The van der Waals surface area contributed by atoms with Gasteiger partial charge < -0.3 is 15.4 Å². The molecule has 0 spiro atoms. The quantitative estimate of drug-likeness (QED) is 0.653. The number of rotatable bonds is 4. The molecule has 2 rings (SSSR count). The number of nitrogens with one attached hydrogen (secondary N) is 2. The van der Waals surface area contributed by atoms with Gasteiger partial charge in [-0.1, -0.05) is 6.07 Å². The molecule has 110 valence electrons. The predicted octanol–water partition coefficient (Wildman–Crippen LogP) is 2.09. The van der Waals surface area contributed by atoms with Gasteiger partial charge in [0.25, 0.3) is 0 Å². The summed E-state index contributed by atoms with van der Waals surface area (Å²) in [6.07, 6.45) is 2.46. The molecular weight excluding hydrogens is 252 g/mol. The highest BCUT2D eigenvalue weighted by molar-refractivity contribution is 5.80. The average Bonchev–Trinajstić information content (AvgIpc) is 3.16. The Hall–Kier alpha value is -1.78. The average molecular weight is 276 g/mol. The van der Waals surface area contributed by atoms with E-state index in [1.54, 1.807) is 7.05 Å². The summed E-state index contributed by atoms with van der Waals surface area (Å²) in [6.45, 7) is 6.68. The Morgan fingerprint density at radius 3 is 2.75 bits per heavy atom. The number of aliphatic imine (C=N–C) groups is 1. The summed E-state index contributed by atoms with van der Waals surface area (Å²) in [5.41, 5.74) is 0.702. The van der Waals surface area contributed by atoms with Crippen molar-refractivity contribution in [1.29, 1.82) is 0 Å². The van der Waals surface area contributed by atoms with E-state index in [2.05, 4.69) is 20.6 Å². The van der Waals surface area contributed by atoms with Crippen LogP contribution in [0.4, 0.5) is 0 Å². The highest BCUT2D eigenvalue weighted by Crippen LogP contribution is 2.18. The predicted molar refractivity (Wildman–Crippen MR) is 81.0 cm³/mol. The molecule has 1 heterocycles. The number of nitrogens with zero attached hydrogens (tertiary/aromatic N) is 2. The Kier molecular flexibility index (Phi) is 4.47. The van der Waals surface area contributed by atoms with Crippen LogP contribution in [-0.4, -0.2) is 29.6 Å². The normalized spacial score (nSPS) is 15.9. The zero-order valence-corrected chi connectivity index (χ0v) is 12.7. The molecule has 1 aliphatic rings. The smallest absolute Gasteiger partial charge is 0.214 e. The minimum absolute atomic E-state index is 0.234. The standard InChI is InChI=1S/C15H24N4O/c1-15(2,3)20-13-7-5-6-12(18-13)10-17-14(16-4)19-11-8-9-11/h5-7,11H,8-10H2,1-4H3,(H2,16,17,19). The van der Waals surface area contributed by atoms with E-state index in [9.17, 15) is 0 Å². The lowest BCUT2D eigenvalue weighted by Crippen LogP contribution is -2.38. The molecule has 0 unspecified atom stereocenters. The zero-order chi connectivity index (χ0) is 14.6. The van der Waals surface area contributed by atoms with Crippen LogP contribution in [0.2, 0.25) is 0 Å². The summed E-state index contributed by atoms with van der Waals surface area (Å²) in [4.78, 5) is 8.69. The molecule has 1 saturated carbocycles. The van der Waals surface area contributed by atoms with E-state index in [0.717, 1.165) is 11.7 Å². The molecule has 1 aliphatic carbocycles. The van der Waals surface area contributed by atoms with Crippen LogP contribution in [0.25, 0.3) is 0 Å². The van der Waals surface area contributed by atoms with Crippen LogP contribution in [0.1, 0.15) is 39.3 Å². The van der Waals surface area contributed by atoms with Gasteiger partial charge in [-0.3, -0.25) is 4.99 Å². The lowest BCUT2D eigenvalue weighted by Gasteiger charge is -2.20. The minimum atomic E-state index is -0.234. The molecule has 0 saturated heterocycles. The molecule has 5 nitrogen and oxygen atoms in total. The first-order valence-corrected chi connectivity index (χ1v) is 7.08. The van der Waals surface area contributed by atoms with Crippen molar-refractivity contribution < 1.29 is 4.74 Å². The third-order valence-electron chi connectivity index (χ3n) is 2.77. The van der Waals surface area contributed by atoms with Crippen LogP contribution in [0, 0.1) is 0 Å². The van der Waals surface area contributed by atoms with Gasteiger partial charge in [-0.2, -0.15) is 0 Å². The van der Waals surface area contributed by atoms with Gasteiger partial charge in [0.1, 0.15) is 5.60 Å². The first kappa shape index (κ1) is 14.6. The molecule has 1 aromatic rings. The molecule has 0 aliphatic heterocycles. The number of hydrogen-bond donors (Lipinski definition) is 2. The molecule has 2 N–H and O–H groups in total. The molecule has 0 atom stereocenters. The van der Waals surface area contributed by atoms with E-state index < -0.39 is 0 Å². The van der Waals surface area contributed by atoms with Gasteiger partial charge in [0, 0.05) is 19.2 Å². The lowest BCUT2D eigenvalue weighted by atomic mass is 10.2. The molecule has 0 aromatic carbocycles. The van der Waals surface area contributed by atoms with Gasteiger partial charge >= 0.3 is 0 Å². The van der Waals surface area contributed by atoms with Gasteiger partial charge in [0.2, 0.25) is 5.88 Å². The summed E-state index contributed by atoms with van der Waals surface area (Å²) in [5.74, 6) is 1.48. The van der Waals surface area contributed by atoms with Crippen molar-refractivity contribution in [1.82, 2.24) is 15.6 Å². The fourth-order valence-corrected chi connectivity index (χ4v) is 1.72. The number of guanidine groups is 1. The fourth-order valence-electron chi connectivity index (χ4n) is 1.72. The highest BCUT2D eigenvalue weighted by Gasteiger charge is 2.22. The molecule has 5 heteroatoms. The molecule has 0 amide bonds. The van der Waals surface area contributed by atoms with Gasteiger partial charge in [0.05, 0.1) is 12.2 Å². The van der Waals surface area contributed by atoms with Gasteiger partial charge in [-0.15, -0.1) is 0 Å². The molecule has 1 fully saturated rings. The third-order valence-corrected chi connectivity index (χ3v) is 2.77. The van der Waals surface area contributed by atoms with E-state index in [4.69, 9.17) is 4.74 Å². The maximum atomic E-state index is 5.77. The minimum Gasteiger partial charge on any atom is -0.472 e. The summed E-state index contributed by atoms with van der Waals surface area (Å²) in [7, 11) is 1.78. The van der Waals surface area contributed by atoms with E-state index in [-0.39, 0.29) is 5.60 Å². The second-order valence-corrected chi connectivity index (χ2v) is 6.03. The van der Waals surface area contributed by atoms with Crippen molar-refractivity contribution in [2.45, 2.75) is 51.8 Å². The van der Waals surface area contributed by atoms with E-state index >= 15 is 0 Å². The van der Waals surface area contributed by atoms with E-state index in [1.165, 1.54) is 12.8 Å². The lowest BCUT2D eigenvalue weighted by molar-refractivity contribution is 0.124. The monoisotopic (exact) mass is 276 g/mol. The van der Waals surface area contributed by atoms with Crippen LogP contribution < -0.4 is 15.4 Å². The van der Waals surface area contributed by atoms with E-state index in [1.807, 2.05) is 39.0 Å². The van der Waals surface area contributed by atoms with Crippen molar-refractivity contribution in [3.05, 3.63) is 23.9 Å². The summed E-state index contributed by atoms with van der Waals surface area (Å²) < 4.78 is 5.77. The van der Waals surface area contributed by atoms with Gasteiger partial charge in [-0.05, 0) is 39.7 Å². The first-order valence-electron chi connectivity index (χ1n) is 7.08. The third kappa shape index (κ3) is 5.07. The van der Waals surface area contributed by atoms with Crippen LogP contribution in [0.15, 0.2) is 23.2 Å². The van der Waals surface area contributed by atoms with E-state index in [0.29, 0.717) is 18.5 Å². The summed E-state index contributed by atoms with van der Waals surface area (Å²) >= 11 is 0. The maximum absolute atomic E-state index is 5.77. The van der Waals surface area contributed by atoms with Gasteiger partial charge in [0.15, 0.2) is 5.96 Å². The second kappa shape index (κ2) is 6.11. The largest absolute Gasteiger partial charge is 0.472 e. The Morgan fingerprint density at radius 1 is 1.40 bits per heavy atom. The van der Waals surface area contributed by atoms with Crippen molar-refractivity contribution in [3.63, 3.8) is 0 Å².